The Bertz CT molecular complexity index is 2250. The number of hydrogen-bond acceptors (Lipinski definition) is 12. The minimum absolute atomic E-state index is 0.138. The van der Waals surface area contributed by atoms with Gasteiger partial charge in [-0.15, -0.1) is 0 Å². The van der Waals surface area contributed by atoms with Crippen molar-refractivity contribution in [2.45, 2.75) is 167 Å². The van der Waals surface area contributed by atoms with Crippen LogP contribution in [0.5, 0.6) is 0 Å². The minimum atomic E-state index is -3.40. The first-order valence-corrected chi connectivity index (χ1v) is 31.6. The number of aliphatic hydroxyl groups is 3. The highest BCUT2D eigenvalue weighted by Gasteiger charge is 2.37. The van der Waals surface area contributed by atoms with E-state index < -0.39 is 30.1 Å². The quantitative estimate of drug-likeness (QED) is 0.148. The molecular formula is C55H85N5O10S3. The van der Waals surface area contributed by atoms with Crippen molar-refractivity contribution in [3.05, 3.63) is 91.0 Å². The van der Waals surface area contributed by atoms with Crippen LogP contribution in [0.3, 0.4) is 0 Å². The minimum Gasteiger partial charge on any atom is -0.396 e. The van der Waals surface area contributed by atoms with Crippen molar-refractivity contribution in [2.75, 3.05) is 72.2 Å². The van der Waals surface area contributed by atoms with Gasteiger partial charge in [-0.1, -0.05) is 99.5 Å². The molecule has 5 saturated heterocycles. The fourth-order valence-corrected chi connectivity index (χ4v) is 16.1. The standard InChI is InChI=1S/2C18H28N2O3S.C11H13NO3S.C8H16O/c2*21-15-11-16-6-4-5-12-20(16)17-9-13-19(14-10-17)24(22,23)18-7-2-1-3-8-18;13-10-6-8-12(9-7-10)16(14,15)11-4-2-1-3-5-11;9-7-6-8-4-2-1-3-5-8/h2*1-3,7-8,16-17,21H,4-6,9-15H2;1-5H,6-9H2;8-9H,1-7H2. The lowest BCUT2D eigenvalue weighted by Crippen LogP contribution is -2.52. The summed E-state index contributed by atoms with van der Waals surface area (Å²) in [5.41, 5.74) is 0. The first-order chi connectivity index (χ1) is 35.3. The van der Waals surface area contributed by atoms with Gasteiger partial charge in [0.1, 0.15) is 5.78 Å². The van der Waals surface area contributed by atoms with Gasteiger partial charge in [0.25, 0.3) is 0 Å². The molecule has 9 rings (SSSR count). The molecule has 6 aliphatic rings. The summed E-state index contributed by atoms with van der Waals surface area (Å²) >= 11 is 0. The van der Waals surface area contributed by atoms with Gasteiger partial charge in [0.15, 0.2) is 0 Å². The van der Waals surface area contributed by atoms with Crippen LogP contribution >= 0.6 is 0 Å². The molecule has 15 nitrogen and oxygen atoms in total. The zero-order valence-corrected chi connectivity index (χ0v) is 45.6. The van der Waals surface area contributed by atoms with E-state index in [0.29, 0.717) is 97.6 Å². The van der Waals surface area contributed by atoms with E-state index in [1.54, 1.807) is 87.5 Å². The molecule has 18 heteroatoms. The number of nitrogens with zero attached hydrogens (tertiary/aromatic N) is 5. The Hall–Kier alpha value is -3.14. The number of sulfonamides is 3. The summed E-state index contributed by atoms with van der Waals surface area (Å²) in [5.74, 6) is 0.989. The maximum Gasteiger partial charge on any atom is 0.243 e. The third-order valence-electron chi connectivity index (χ3n) is 15.7. The molecule has 5 aliphatic heterocycles. The van der Waals surface area contributed by atoms with Gasteiger partial charge in [-0.25, -0.2) is 25.3 Å². The number of rotatable bonds is 14. The summed E-state index contributed by atoms with van der Waals surface area (Å²) in [4.78, 5) is 17.2. The lowest BCUT2D eigenvalue weighted by molar-refractivity contribution is -0.120. The number of Topliss-reactive ketones (excluding diaryl/α,β-unsaturated/α-hetero) is 1. The fourth-order valence-electron chi connectivity index (χ4n) is 11.6. The number of carbonyl (C=O) groups is 1. The van der Waals surface area contributed by atoms with Crippen molar-refractivity contribution in [2.24, 2.45) is 5.92 Å². The first-order valence-electron chi connectivity index (χ1n) is 27.3. The third-order valence-corrected chi connectivity index (χ3v) is 21.5. The SMILES string of the molecule is O=C1CCN(S(=O)(=O)c2ccccc2)CC1.O=S(=O)(c1ccccc1)N1CCC(N2CCCCC2CCO)CC1.O=S(=O)(c1ccccc1)N1CCC(N2CCCCC2CCO)CC1.OCCC1CCCCC1. The summed E-state index contributed by atoms with van der Waals surface area (Å²) in [6.07, 6.45) is 21.0. The summed E-state index contributed by atoms with van der Waals surface area (Å²) < 4.78 is 79.7. The molecule has 1 aliphatic carbocycles. The van der Waals surface area contributed by atoms with Gasteiger partial charge >= 0.3 is 0 Å². The second-order valence-corrected chi connectivity index (χ2v) is 26.3. The lowest BCUT2D eigenvalue weighted by atomic mass is 9.87. The Morgan fingerprint density at radius 1 is 0.384 bits per heavy atom. The van der Waals surface area contributed by atoms with E-state index in [0.717, 1.165) is 76.8 Å². The van der Waals surface area contributed by atoms with Crippen molar-refractivity contribution in [3.8, 4) is 0 Å². The smallest absolute Gasteiger partial charge is 0.243 e. The summed E-state index contributed by atoms with van der Waals surface area (Å²) in [5, 5.41) is 27.2. The first kappa shape index (κ1) is 59.1. The van der Waals surface area contributed by atoms with Crippen LogP contribution in [0.15, 0.2) is 106 Å². The van der Waals surface area contributed by atoms with Crippen molar-refractivity contribution in [1.82, 2.24) is 22.7 Å². The molecule has 0 spiro atoms. The van der Waals surface area contributed by atoms with Crippen LogP contribution in [-0.4, -0.2) is 165 Å². The topological polar surface area (TPSA) is 196 Å². The van der Waals surface area contributed by atoms with Gasteiger partial charge in [0.05, 0.1) is 14.7 Å². The zero-order valence-electron chi connectivity index (χ0n) is 43.1. The van der Waals surface area contributed by atoms with Gasteiger partial charge in [0, 0.05) is 96.1 Å². The number of carbonyl (C=O) groups excluding carboxylic acids is 1. The van der Waals surface area contributed by atoms with Crippen LogP contribution in [0.2, 0.25) is 0 Å². The maximum atomic E-state index is 12.7. The van der Waals surface area contributed by atoms with Crippen molar-refractivity contribution >= 4 is 35.9 Å². The number of likely N-dealkylation sites (tertiary alicyclic amines) is 2. The summed E-state index contributed by atoms with van der Waals surface area (Å²) in [6, 6.07) is 27.6. The van der Waals surface area contributed by atoms with Crippen LogP contribution < -0.4 is 0 Å². The summed E-state index contributed by atoms with van der Waals surface area (Å²) in [7, 11) is -10.1. The Labute approximate surface area is 438 Å². The van der Waals surface area contributed by atoms with Crippen molar-refractivity contribution in [1.29, 1.82) is 0 Å². The highest BCUT2D eigenvalue weighted by molar-refractivity contribution is 7.89. The van der Waals surface area contributed by atoms with E-state index in [9.17, 15) is 40.3 Å². The molecule has 3 aromatic rings. The molecule has 0 aromatic heterocycles. The highest BCUT2D eigenvalue weighted by atomic mass is 32.2. The number of aliphatic hydroxyl groups excluding tert-OH is 3. The van der Waals surface area contributed by atoms with Gasteiger partial charge in [-0.3, -0.25) is 14.6 Å². The molecule has 3 aromatic carbocycles. The average Bonchev–Trinajstić information content (AvgIpc) is 3.43. The van der Waals surface area contributed by atoms with E-state index in [4.69, 9.17) is 5.11 Å². The van der Waals surface area contributed by atoms with E-state index in [1.165, 1.54) is 62.1 Å². The normalized spacial score (nSPS) is 23.2. The van der Waals surface area contributed by atoms with Crippen molar-refractivity contribution < 1.29 is 45.4 Å². The Kier molecular flexibility index (Phi) is 24.3. The number of ketones is 1. The number of piperidine rings is 5. The van der Waals surface area contributed by atoms with Crippen LogP contribution in [0.1, 0.15) is 128 Å². The third kappa shape index (κ3) is 17.2. The molecular weight excluding hydrogens is 987 g/mol. The molecule has 3 N–H and O–H groups in total. The van der Waals surface area contributed by atoms with Gasteiger partial charge in [-0.2, -0.15) is 12.9 Å². The molecule has 5 heterocycles. The Morgan fingerprint density at radius 2 is 0.712 bits per heavy atom. The van der Waals surface area contributed by atoms with E-state index in [1.807, 2.05) is 12.1 Å². The molecule has 0 bridgehead atoms. The molecule has 73 heavy (non-hydrogen) atoms. The Balaban J connectivity index is 0.000000167. The maximum absolute atomic E-state index is 12.7. The number of benzene rings is 3. The fraction of sp³-hybridized carbons (Fsp3) is 0.655. The molecule has 2 atom stereocenters. The predicted molar refractivity (Wildman–Crippen MR) is 286 cm³/mol. The van der Waals surface area contributed by atoms with E-state index >= 15 is 0 Å². The molecule has 408 valence electrons. The lowest BCUT2D eigenvalue weighted by Gasteiger charge is -2.44. The molecule has 0 amide bonds. The highest BCUT2D eigenvalue weighted by Crippen LogP contribution is 2.31. The molecule has 1 saturated carbocycles. The van der Waals surface area contributed by atoms with Gasteiger partial charge in [-0.05, 0) is 126 Å². The molecule has 2 unspecified atom stereocenters. The van der Waals surface area contributed by atoms with E-state index in [2.05, 4.69) is 9.80 Å². The zero-order chi connectivity index (χ0) is 52.1. The predicted octanol–water partition coefficient (Wildman–Crippen LogP) is 7.14. The number of hydrogen-bond donors (Lipinski definition) is 3. The molecule has 0 radical (unpaired) electrons. The van der Waals surface area contributed by atoms with Crippen LogP contribution in [0, 0.1) is 5.92 Å². The average molecular weight is 1070 g/mol. The van der Waals surface area contributed by atoms with Crippen molar-refractivity contribution in [3.63, 3.8) is 0 Å². The summed E-state index contributed by atoms with van der Waals surface area (Å²) in [6.45, 7) is 5.99. The van der Waals surface area contributed by atoms with E-state index in [-0.39, 0.29) is 19.0 Å². The monoisotopic (exact) mass is 1070 g/mol. The Morgan fingerprint density at radius 3 is 1.05 bits per heavy atom. The largest absolute Gasteiger partial charge is 0.396 e. The van der Waals surface area contributed by atoms with Crippen LogP contribution in [-0.2, 0) is 34.9 Å². The van der Waals surface area contributed by atoms with Crippen LogP contribution in [0.25, 0.3) is 0 Å². The molecule has 6 fully saturated rings. The van der Waals surface area contributed by atoms with Crippen LogP contribution in [0.4, 0.5) is 0 Å². The van der Waals surface area contributed by atoms with Gasteiger partial charge in [0.2, 0.25) is 30.1 Å². The van der Waals surface area contributed by atoms with Gasteiger partial charge < -0.3 is 15.3 Å². The second kappa shape index (κ2) is 30.0. The second-order valence-electron chi connectivity index (χ2n) is 20.5.